The van der Waals surface area contributed by atoms with Gasteiger partial charge in [0.05, 0.1) is 0 Å². The zero-order valence-corrected chi connectivity index (χ0v) is 12.9. The number of halogens is 1. The summed E-state index contributed by atoms with van der Waals surface area (Å²) in [5, 5.41) is 10.4. The van der Waals surface area contributed by atoms with Gasteiger partial charge in [0.1, 0.15) is 0 Å². The Morgan fingerprint density at radius 2 is 1.57 bits per heavy atom. The lowest BCUT2D eigenvalue weighted by molar-refractivity contribution is 0.225. The lowest BCUT2D eigenvalue weighted by Crippen LogP contribution is -2.13. The van der Waals surface area contributed by atoms with Gasteiger partial charge < -0.3 is 5.11 Å². The molecule has 1 aliphatic carbocycles. The SMILES string of the molecule is OCC(Cc1ccc(Cl)cc1)Cc1ccc2c(c1)CCC2. The van der Waals surface area contributed by atoms with Crippen LogP contribution in [-0.4, -0.2) is 11.7 Å². The van der Waals surface area contributed by atoms with Crippen LogP contribution in [0.25, 0.3) is 0 Å². The minimum atomic E-state index is 0.222. The Morgan fingerprint density at radius 3 is 2.33 bits per heavy atom. The van der Waals surface area contributed by atoms with Crippen LogP contribution in [-0.2, 0) is 25.7 Å². The van der Waals surface area contributed by atoms with Gasteiger partial charge in [-0.3, -0.25) is 0 Å². The van der Waals surface area contributed by atoms with Crippen molar-refractivity contribution < 1.29 is 5.11 Å². The third-order valence-electron chi connectivity index (χ3n) is 4.38. The largest absolute Gasteiger partial charge is 0.396 e. The summed E-state index contributed by atoms with van der Waals surface area (Å²) < 4.78 is 0. The molecule has 0 radical (unpaired) electrons. The highest BCUT2D eigenvalue weighted by Gasteiger charge is 2.14. The highest BCUT2D eigenvalue weighted by atomic mass is 35.5. The van der Waals surface area contributed by atoms with Gasteiger partial charge in [-0.1, -0.05) is 41.9 Å². The summed E-state index contributed by atoms with van der Waals surface area (Å²) in [6.45, 7) is 0.222. The Bertz CT molecular complexity index is 603. The van der Waals surface area contributed by atoms with Gasteiger partial charge in [-0.05, 0) is 72.4 Å². The summed E-state index contributed by atoms with van der Waals surface area (Å²) in [6, 6.07) is 14.8. The molecule has 1 atom stereocenters. The molecule has 0 amide bonds. The van der Waals surface area contributed by atoms with Crippen molar-refractivity contribution in [3.05, 3.63) is 69.7 Å². The normalized spacial score (nSPS) is 15.0. The molecule has 0 aliphatic heterocycles. The Morgan fingerprint density at radius 1 is 0.905 bits per heavy atom. The van der Waals surface area contributed by atoms with E-state index in [4.69, 9.17) is 11.6 Å². The van der Waals surface area contributed by atoms with Gasteiger partial charge in [-0.2, -0.15) is 0 Å². The molecule has 2 heteroatoms. The van der Waals surface area contributed by atoms with Gasteiger partial charge in [0.25, 0.3) is 0 Å². The highest BCUT2D eigenvalue weighted by molar-refractivity contribution is 6.30. The average molecular weight is 301 g/mol. The molecule has 3 rings (SSSR count). The second-order valence-corrected chi connectivity index (χ2v) is 6.48. The van der Waals surface area contributed by atoms with E-state index in [1.807, 2.05) is 24.3 Å². The molecule has 1 aliphatic rings. The molecule has 0 aromatic heterocycles. The molecule has 0 bridgehead atoms. The standard InChI is InChI=1S/C19H21ClO/c20-19-8-5-14(6-9-19)10-16(13-21)11-15-4-7-17-2-1-3-18(17)12-15/h4-9,12,16,21H,1-3,10-11,13H2. The monoisotopic (exact) mass is 300 g/mol. The molecular formula is C19H21ClO. The van der Waals surface area contributed by atoms with Crippen LogP contribution < -0.4 is 0 Å². The maximum Gasteiger partial charge on any atom is 0.0465 e. The quantitative estimate of drug-likeness (QED) is 0.876. The number of aryl methyl sites for hydroxylation is 2. The summed E-state index contributed by atoms with van der Waals surface area (Å²) in [5.41, 5.74) is 5.61. The molecule has 2 aromatic rings. The zero-order valence-electron chi connectivity index (χ0n) is 12.2. The summed E-state index contributed by atoms with van der Waals surface area (Å²) in [6.07, 6.45) is 5.55. The van der Waals surface area contributed by atoms with Crippen LogP contribution in [0.5, 0.6) is 0 Å². The molecule has 0 fully saturated rings. The van der Waals surface area contributed by atoms with Crippen molar-refractivity contribution in [1.29, 1.82) is 0 Å². The van der Waals surface area contributed by atoms with Gasteiger partial charge in [0.15, 0.2) is 0 Å². The van der Waals surface area contributed by atoms with Crippen LogP contribution >= 0.6 is 11.6 Å². The first-order valence-electron chi connectivity index (χ1n) is 7.70. The lowest BCUT2D eigenvalue weighted by atomic mass is 9.92. The van der Waals surface area contributed by atoms with E-state index in [1.165, 1.54) is 41.5 Å². The summed E-state index contributed by atoms with van der Waals surface area (Å²) in [7, 11) is 0. The van der Waals surface area contributed by atoms with Crippen LogP contribution in [0.4, 0.5) is 0 Å². The molecule has 21 heavy (non-hydrogen) atoms. The Kier molecular flexibility index (Phi) is 4.62. The summed E-state index contributed by atoms with van der Waals surface area (Å²) in [4.78, 5) is 0. The minimum absolute atomic E-state index is 0.222. The second kappa shape index (κ2) is 6.64. The van der Waals surface area contributed by atoms with Crippen molar-refractivity contribution in [3.63, 3.8) is 0 Å². The fraction of sp³-hybridized carbons (Fsp3) is 0.368. The molecule has 1 N–H and O–H groups in total. The van der Waals surface area contributed by atoms with E-state index in [2.05, 4.69) is 18.2 Å². The van der Waals surface area contributed by atoms with Crippen molar-refractivity contribution in [2.24, 2.45) is 5.92 Å². The fourth-order valence-electron chi connectivity index (χ4n) is 3.24. The first-order chi connectivity index (χ1) is 10.2. The number of hydrogen-bond acceptors (Lipinski definition) is 1. The van der Waals surface area contributed by atoms with E-state index < -0.39 is 0 Å². The zero-order chi connectivity index (χ0) is 14.7. The molecule has 0 heterocycles. The second-order valence-electron chi connectivity index (χ2n) is 6.04. The van der Waals surface area contributed by atoms with Crippen LogP contribution in [0.2, 0.25) is 5.02 Å². The van der Waals surface area contributed by atoms with Gasteiger partial charge in [-0.15, -0.1) is 0 Å². The molecule has 0 saturated carbocycles. The van der Waals surface area contributed by atoms with E-state index in [-0.39, 0.29) is 12.5 Å². The molecule has 0 saturated heterocycles. The van der Waals surface area contributed by atoms with E-state index in [1.54, 1.807) is 0 Å². The molecule has 1 unspecified atom stereocenters. The van der Waals surface area contributed by atoms with Crippen LogP contribution in [0.3, 0.4) is 0 Å². The molecule has 1 nitrogen and oxygen atoms in total. The maximum atomic E-state index is 9.67. The smallest absolute Gasteiger partial charge is 0.0465 e. The van der Waals surface area contributed by atoms with Crippen molar-refractivity contribution in [3.8, 4) is 0 Å². The topological polar surface area (TPSA) is 20.2 Å². The minimum Gasteiger partial charge on any atom is -0.396 e. The predicted molar refractivity (Wildman–Crippen MR) is 87.9 cm³/mol. The van der Waals surface area contributed by atoms with Crippen molar-refractivity contribution >= 4 is 11.6 Å². The molecule has 2 aromatic carbocycles. The lowest BCUT2D eigenvalue weighted by Gasteiger charge is -2.15. The van der Waals surface area contributed by atoms with Gasteiger partial charge in [0, 0.05) is 11.6 Å². The Labute approximate surface area is 131 Å². The van der Waals surface area contributed by atoms with Gasteiger partial charge >= 0.3 is 0 Å². The number of benzene rings is 2. The average Bonchev–Trinajstić information content (AvgIpc) is 2.96. The molecule has 110 valence electrons. The van der Waals surface area contributed by atoms with E-state index in [0.717, 1.165) is 17.9 Å². The number of aliphatic hydroxyl groups is 1. The van der Waals surface area contributed by atoms with Crippen LogP contribution in [0.1, 0.15) is 28.7 Å². The molecular weight excluding hydrogens is 280 g/mol. The van der Waals surface area contributed by atoms with Crippen molar-refractivity contribution in [2.45, 2.75) is 32.1 Å². The molecule has 0 spiro atoms. The third-order valence-corrected chi connectivity index (χ3v) is 4.64. The van der Waals surface area contributed by atoms with E-state index in [9.17, 15) is 5.11 Å². The number of aliphatic hydroxyl groups excluding tert-OH is 1. The summed E-state index contributed by atoms with van der Waals surface area (Å²) in [5.74, 6) is 0.269. The first-order valence-corrected chi connectivity index (χ1v) is 8.08. The Hall–Kier alpha value is -1.31. The summed E-state index contributed by atoms with van der Waals surface area (Å²) >= 11 is 5.92. The highest BCUT2D eigenvalue weighted by Crippen LogP contribution is 2.24. The van der Waals surface area contributed by atoms with Crippen molar-refractivity contribution in [2.75, 3.05) is 6.61 Å². The maximum absolute atomic E-state index is 9.67. The number of hydrogen-bond donors (Lipinski definition) is 1. The van der Waals surface area contributed by atoms with E-state index in [0.29, 0.717) is 0 Å². The predicted octanol–water partition coefficient (Wildman–Crippen LogP) is 4.22. The number of fused-ring (bicyclic) bond motifs is 1. The first kappa shape index (κ1) is 14.6. The van der Waals surface area contributed by atoms with Gasteiger partial charge in [0.2, 0.25) is 0 Å². The van der Waals surface area contributed by atoms with Gasteiger partial charge in [-0.25, -0.2) is 0 Å². The van der Waals surface area contributed by atoms with E-state index >= 15 is 0 Å². The fourth-order valence-corrected chi connectivity index (χ4v) is 3.37. The Balaban J connectivity index is 1.68. The van der Waals surface area contributed by atoms with Crippen molar-refractivity contribution in [1.82, 2.24) is 0 Å². The van der Waals surface area contributed by atoms with Crippen LogP contribution in [0, 0.1) is 5.92 Å². The van der Waals surface area contributed by atoms with Crippen LogP contribution in [0.15, 0.2) is 42.5 Å². The number of rotatable bonds is 5. The third kappa shape index (κ3) is 3.66.